The lowest BCUT2D eigenvalue weighted by Gasteiger charge is -2.28. The molecule has 0 radical (unpaired) electrons. The first kappa shape index (κ1) is 21.4. The van der Waals surface area contributed by atoms with Gasteiger partial charge in [0.2, 0.25) is 0 Å². The first-order valence-corrected chi connectivity index (χ1v) is 11.2. The third-order valence-electron chi connectivity index (χ3n) is 6.00. The number of halogens is 1. The van der Waals surface area contributed by atoms with Crippen LogP contribution in [0.15, 0.2) is 18.3 Å². The molecule has 0 bridgehead atoms. The van der Waals surface area contributed by atoms with Crippen LogP contribution in [0, 0.1) is 23.8 Å². The van der Waals surface area contributed by atoms with Gasteiger partial charge in [-0.05, 0) is 56.8 Å². The van der Waals surface area contributed by atoms with Gasteiger partial charge in [0.15, 0.2) is 5.82 Å². The summed E-state index contributed by atoms with van der Waals surface area (Å²) < 4.78 is 1.43. The molecule has 3 heterocycles. The van der Waals surface area contributed by atoms with E-state index in [-0.39, 0.29) is 17.7 Å². The number of hydrogen-bond donors (Lipinski definition) is 4. The lowest BCUT2D eigenvalue weighted by molar-refractivity contribution is 0.0890. The van der Waals surface area contributed by atoms with Crippen LogP contribution in [0.3, 0.4) is 0 Å². The number of hydrogen-bond acceptors (Lipinski definition) is 8. The molecule has 3 aromatic rings. The molecule has 1 aromatic carbocycles. The van der Waals surface area contributed by atoms with Crippen molar-refractivity contribution in [3.8, 4) is 6.07 Å². The molecule has 2 aromatic heterocycles. The maximum Gasteiger partial charge on any atom is 0.275 e. The maximum atomic E-state index is 11.0. The number of benzene rings is 1. The summed E-state index contributed by atoms with van der Waals surface area (Å²) in [5, 5.41) is 35.0. The zero-order chi connectivity index (χ0) is 22.9. The third-order valence-corrected chi connectivity index (χ3v) is 6.42. The Labute approximate surface area is 195 Å². The molecule has 4 N–H and O–H groups in total. The third kappa shape index (κ3) is 4.29. The van der Waals surface area contributed by atoms with E-state index in [0.717, 1.165) is 38.8 Å². The lowest BCUT2D eigenvalue weighted by atomic mass is 9.87. The van der Waals surface area contributed by atoms with Gasteiger partial charge in [-0.25, -0.2) is 4.98 Å². The average molecular weight is 464 g/mol. The van der Waals surface area contributed by atoms with E-state index in [1.165, 1.54) is 10.7 Å². The van der Waals surface area contributed by atoms with Gasteiger partial charge in [-0.15, -0.1) is 4.52 Å². The predicted molar refractivity (Wildman–Crippen MR) is 124 cm³/mol. The minimum Gasteiger partial charge on any atom is -0.388 e. The van der Waals surface area contributed by atoms with Crippen molar-refractivity contribution in [1.29, 1.82) is 5.26 Å². The van der Waals surface area contributed by atoms with Crippen molar-refractivity contribution in [2.45, 2.75) is 37.8 Å². The van der Waals surface area contributed by atoms with Crippen molar-refractivity contribution < 1.29 is 5.11 Å². The van der Waals surface area contributed by atoms with Crippen molar-refractivity contribution >= 4 is 40.5 Å². The number of nitrogens with one attached hydrogen (secondary N) is 3. The van der Waals surface area contributed by atoms with E-state index in [4.69, 9.17) is 18.2 Å². The lowest BCUT2D eigenvalue weighted by Crippen LogP contribution is -2.31. The molecule has 33 heavy (non-hydrogen) atoms. The Morgan fingerprint density at radius 1 is 1.30 bits per heavy atom. The summed E-state index contributed by atoms with van der Waals surface area (Å²) in [5.41, 5.74) is 1.76. The van der Waals surface area contributed by atoms with Gasteiger partial charge < -0.3 is 25.9 Å². The van der Waals surface area contributed by atoms with E-state index >= 15 is 0 Å². The monoisotopic (exact) mass is 463 g/mol. The summed E-state index contributed by atoms with van der Waals surface area (Å²) in [4.78, 5) is 12.3. The molecule has 2 aliphatic rings. The maximum absolute atomic E-state index is 11.0. The highest BCUT2D eigenvalue weighted by molar-refractivity contribution is 6.34. The second kappa shape index (κ2) is 8.83. The van der Waals surface area contributed by atoms with Gasteiger partial charge in [-0.1, -0.05) is 23.3 Å². The molecule has 5 rings (SSSR count). The Morgan fingerprint density at radius 3 is 2.79 bits per heavy atom. The fourth-order valence-corrected chi connectivity index (χ4v) is 4.34. The summed E-state index contributed by atoms with van der Waals surface area (Å²) in [7, 11) is 0. The molecule has 0 amide bonds. The van der Waals surface area contributed by atoms with E-state index in [0.29, 0.717) is 39.3 Å². The molecule has 168 valence electrons. The minimum absolute atomic E-state index is 0.0552. The summed E-state index contributed by atoms with van der Waals surface area (Å²) >= 11 is 6.71. The number of aliphatic hydroxyl groups is 1. The SMILES string of the molecule is [C-]#[N+]c1cnc2c(NC3CC3)nc(Nc3cc(C#N)cc(C(O)C4CCNCC4)c3Cl)nn12. The fourth-order valence-electron chi connectivity index (χ4n) is 4.07. The fraction of sp³-hybridized carbons (Fsp3) is 0.409. The Hall–Kier alpha value is -3.44. The quantitative estimate of drug-likeness (QED) is 0.408. The molecule has 10 nitrogen and oxygen atoms in total. The molecule has 11 heteroatoms. The summed E-state index contributed by atoms with van der Waals surface area (Å²) in [6, 6.07) is 5.70. The van der Waals surface area contributed by atoms with Crippen LogP contribution < -0.4 is 16.0 Å². The number of piperidine rings is 1. The Kier molecular flexibility index (Phi) is 5.73. The van der Waals surface area contributed by atoms with Gasteiger partial charge in [-0.3, -0.25) is 0 Å². The number of imidazole rings is 1. The van der Waals surface area contributed by atoms with Crippen molar-refractivity contribution in [2.24, 2.45) is 5.92 Å². The highest BCUT2D eigenvalue weighted by Crippen LogP contribution is 2.38. The smallest absolute Gasteiger partial charge is 0.275 e. The predicted octanol–water partition coefficient (Wildman–Crippen LogP) is 3.55. The van der Waals surface area contributed by atoms with Gasteiger partial charge in [0, 0.05) is 11.6 Å². The Balaban J connectivity index is 1.53. The number of nitriles is 1. The van der Waals surface area contributed by atoms with E-state index in [9.17, 15) is 10.4 Å². The van der Waals surface area contributed by atoms with E-state index in [1.54, 1.807) is 12.1 Å². The van der Waals surface area contributed by atoms with E-state index in [1.807, 2.05) is 0 Å². The molecule has 1 unspecified atom stereocenters. The zero-order valence-corrected chi connectivity index (χ0v) is 18.5. The number of aromatic nitrogens is 4. The Morgan fingerprint density at radius 2 is 2.09 bits per heavy atom. The first-order valence-electron chi connectivity index (χ1n) is 10.9. The number of nitrogens with zero attached hydrogens (tertiary/aromatic N) is 6. The van der Waals surface area contributed by atoms with E-state index < -0.39 is 6.10 Å². The summed E-state index contributed by atoms with van der Waals surface area (Å²) in [6.45, 7) is 9.06. The molecule has 1 saturated carbocycles. The van der Waals surface area contributed by atoms with Crippen molar-refractivity contribution in [1.82, 2.24) is 24.9 Å². The van der Waals surface area contributed by atoms with Crippen LogP contribution in [-0.2, 0) is 0 Å². The van der Waals surface area contributed by atoms with Gasteiger partial charge in [0.1, 0.15) is 0 Å². The Bertz CT molecular complexity index is 1280. The molecule has 1 aliphatic carbocycles. The molecular formula is C22H22ClN9O. The number of rotatable bonds is 6. The summed E-state index contributed by atoms with van der Waals surface area (Å²) in [5.74, 6) is 1.04. The van der Waals surface area contributed by atoms with Crippen molar-refractivity contribution in [3.05, 3.63) is 45.9 Å². The van der Waals surface area contributed by atoms with Crippen LogP contribution in [-0.4, -0.2) is 43.8 Å². The highest BCUT2D eigenvalue weighted by Gasteiger charge is 2.28. The molecule has 1 saturated heterocycles. The number of aliphatic hydroxyl groups excluding tert-OH is 1. The molecule has 1 atom stereocenters. The zero-order valence-electron chi connectivity index (χ0n) is 17.7. The second-order valence-corrected chi connectivity index (χ2v) is 8.74. The van der Waals surface area contributed by atoms with Crippen LogP contribution in [0.4, 0.5) is 23.3 Å². The van der Waals surface area contributed by atoms with Gasteiger partial charge in [-0.2, -0.15) is 10.2 Å². The van der Waals surface area contributed by atoms with Gasteiger partial charge in [0.05, 0.1) is 34.6 Å². The normalized spacial score (nSPS) is 17.3. The largest absolute Gasteiger partial charge is 0.388 e. The van der Waals surface area contributed by atoms with Gasteiger partial charge in [0.25, 0.3) is 17.4 Å². The number of anilines is 3. The minimum atomic E-state index is -0.786. The topological polar surface area (TPSA) is 128 Å². The van der Waals surface area contributed by atoms with Crippen molar-refractivity contribution in [3.63, 3.8) is 0 Å². The molecule has 2 fully saturated rings. The standard InChI is InChI=1S/C22H22ClN9O/c1-25-17-11-27-21-20(28-14-2-3-14)30-22(31-32(17)21)29-16-9-12(10-24)8-15(18(16)23)19(33)13-4-6-26-7-5-13/h8-9,11,13-14,19,26,33H,2-7H2,(H2,28,29,30,31). The van der Waals surface area contributed by atoms with Crippen molar-refractivity contribution in [2.75, 3.05) is 23.7 Å². The highest BCUT2D eigenvalue weighted by atomic mass is 35.5. The van der Waals surface area contributed by atoms with Crippen LogP contribution in [0.1, 0.15) is 42.9 Å². The van der Waals surface area contributed by atoms with Crippen LogP contribution in [0.25, 0.3) is 10.5 Å². The molecule has 1 aliphatic heterocycles. The second-order valence-electron chi connectivity index (χ2n) is 8.36. The van der Waals surface area contributed by atoms with Crippen LogP contribution in [0.5, 0.6) is 0 Å². The average Bonchev–Trinajstić information content (AvgIpc) is 3.56. The molecule has 0 spiro atoms. The summed E-state index contributed by atoms with van der Waals surface area (Å²) in [6.07, 6.45) is 4.41. The van der Waals surface area contributed by atoms with Gasteiger partial charge >= 0.3 is 0 Å². The van der Waals surface area contributed by atoms with Crippen LogP contribution in [0.2, 0.25) is 5.02 Å². The molecular weight excluding hydrogens is 442 g/mol. The van der Waals surface area contributed by atoms with Crippen LogP contribution >= 0.6 is 11.6 Å². The number of fused-ring (bicyclic) bond motifs is 1. The van der Waals surface area contributed by atoms with E-state index in [2.05, 4.69) is 41.9 Å². The first-order chi connectivity index (χ1) is 16.1.